The van der Waals surface area contributed by atoms with Crippen LogP contribution in [0.1, 0.15) is 11.4 Å². The summed E-state index contributed by atoms with van der Waals surface area (Å²) in [5.41, 5.74) is 8.65. The zero-order chi connectivity index (χ0) is 11.0. The molecule has 0 bridgehead atoms. The Morgan fingerprint density at radius 2 is 2.20 bits per heavy atom. The van der Waals surface area contributed by atoms with Gasteiger partial charge in [0.2, 0.25) is 0 Å². The molecule has 0 aliphatic carbocycles. The van der Waals surface area contributed by atoms with Crippen molar-refractivity contribution in [2.75, 3.05) is 6.54 Å². The Bertz CT molecular complexity index is 502. The van der Waals surface area contributed by atoms with Gasteiger partial charge in [0.15, 0.2) is 0 Å². The molecule has 0 fully saturated rings. The van der Waals surface area contributed by atoms with Gasteiger partial charge in [-0.05, 0) is 37.6 Å². The first-order valence-electron chi connectivity index (χ1n) is 4.95. The zero-order valence-electron chi connectivity index (χ0n) is 8.92. The standard InChI is InChI=1S/C11H14ClN3/c1-7-14-10-5-8(3-4-13)9(12)6-11(10)15(7)2/h5-6H,3-4,13H2,1-2H3. The van der Waals surface area contributed by atoms with Crippen LogP contribution in [0.4, 0.5) is 0 Å². The maximum atomic E-state index is 6.17. The fourth-order valence-corrected chi connectivity index (χ4v) is 1.98. The van der Waals surface area contributed by atoms with Crippen LogP contribution in [0.5, 0.6) is 0 Å². The summed E-state index contributed by atoms with van der Waals surface area (Å²) in [5, 5.41) is 0.774. The minimum absolute atomic E-state index is 0.608. The van der Waals surface area contributed by atoms with Crippen LogP contribution in [0.15, 0.2) is 12.1 Å². The van der Waals surface area contributed by atoms with Crippen molar-refractivity contribution in [3.8, 4) is 0 Å². The summed E-state index contributed by atoms with van der Waals surface area (Å²) in [6, 6.07) is 3.99. The fraction of sp³-hybridized carbons (Fsp3) is 0.364. The third-order valence-electron chi connectivity index (χ3n) is 2.69. The predicted octanol–water partition coefficient (Wildman–Crippen LogP) is 2.04. The number of hydrogen-bond donors (Lipinski definition) is 1. The molecule has 15 heavy (non-hydrogen) atoms. The van der Waals surface area contributed by atoms with Crippen molar-refractivity contribution in [2.45, 2.75) is 13.3 Å². The molecule has 0 saturated carbocycles. The van der Waals surface area contributed by atoms with Gasteiger partial charge in [-0.1, -0.05) is 11.6 Å². The largest absolute Gasteiger partial charge is 0.331 e. The quantitative estimate of drug-likeness (QED) is 0.847. The molecule has 2 rings (SSSR count). The molecule has 1 heterocycles. The van der Waals surface area contributed by atoms with Gasteiger partial charge in [0.05, 0.1) is 11.0 Å². The molecule has 0 aliphatic rings. The molecule has 0 aliphatic heterocycles. The number of aromatic nitrogens is 2. The normalized spacial score (nSPS) is 11.2. The van der Waals surface area contributed by atoms with Gasteiger partial charge in [-0.3, -0.25) is 0 Å². The Kier molecular flexibility index (Phi) is 2.67. The highest BCUT2D eigenvalue weighted by Crippen LogP contribution is 2.24. The van der Waals surface area contributed by atoms with Gasteiger partial charge in [0, 0.05) is 12.1 Å². The Hall–Kier alpha value is -1.06. The van der Waals surface area contributed by atoms with E-state index in [1.165, 1.54) is 0 Å². The minimum atomic E-state index is 0.608. The maximum absolute atomic E-state index is 6.17. The molecule has 1 aromatic heterocycles. The van der Waals surface area contributed by atoms with E-state index in [9.17, 15) is 0 Å². The molecule has 0 amide bonds. The summed E-state index contributed by atoms with van der Waals surface area (Å²) in [6.07, 6.45) is 0.796. The predicted molar refractivity (Wildman–Crippen MR) is 63.2 cm³/mol. The van der Waals surface area contributed by atoms with Crippen molar-refractivity contribution in [3.63, 3.8) is 0 Å². The lowest BCUT2D eigenvalue weighted by molar-refractivity contribution is 0.886. The molecular formula is C11H14ClN3. The first-order chi connectivity index (χ1) is 7.13. The number of halogens is 1. The molecule has 1 aromatic carbocycles. The van der Waals surface area contributed by atoms with E-state index in [0.717, 1.165) is 33.9 Å². The number of aryl methyl sites for hydroxylation is 2. The molecule has 2 aromatic rings. The number of hydrogen-bond acceptors (Lipinski definition) is 2. The second-order valence-corrected chi connectivity index (χ2v) is 4.10. The third-order valence-corrected chi connectivity index (χ3v) is 3.04. The van der Waals surface area contributed by atoms with Gasteiger partial charge >= 0.3 is 0 Å². The number of rotatable bonds is 2. The number of imidazole rings is 1. The molecule has 0 saturated heterocycles. The zero-order valence-corrected chi connectivity index (χ0v) is 9.67. The van der Waals surface area contributed by atoms with E-state index in [2.05, 4.69) is 4.98 Å². The van der Waals surface area contributed by atoms with Crippen LogP contribution in [0, 0.1) is 6.92 Å². The third kappa shape index (κ3) is 1.73. The average Bonchev–Trinajstić information content (AvgIpc) is 2.46. The van der Waals surface area contributed by atoms with Crippen LogP contribution in [0.2, 0.25) is 5.02 Å². The Balaban J connectivity index is 2.65. The van der Waals surface area contributed by atoms with E-state index in [-0.39, 0.29) is 0 Å². The number of nitrogens with two attached hydrogens (primary N) is 1. The molecule has 0 radical (unpaired) electrons. The van der Waals surface area contributed by atoms with E-state index in [4.69, 9.17) is 17.3 Å². The monoisotopic (exact) mass is 223 g/mol. The van der Waals surface area contributed by atoms with Crippen molar-refractivity contribution in [2.24, 2.45) is 12.8 Å². The minimum Gasteiger partial charge on any atom is -0.331 e. The first kappa shape index (κ1) is 10.5. The topological polar surface area (TPSA) is 43.8 Å². The van der Waals surface area contributed by atoms with E-state index >= 15 is 0 Å². The maximum Gasteiger partial charge on any atom is 0.106 e. The molecule has 0 atom stereocenters. The van der Waals surface area contributed by atoms with Gasteiger partial charge in [0.1, 0.15) is 5.82 Å². The fourth-order valence-electron chi connectivity index (χ4n) is 1.72. The summed E-state index contributed by atoms with van der Waals surface area (Å²) in [7, 11) is 1.99. The molecule has 0 unspecified atom stereocenters. The Morgan fingerprint density at radius 1 is 1.47 bits per heavy atom. The lowest BCUT2D eigenvalue weighted by atomic mass is 10.1. The summed E-state index contributed by atoms with van der Waals surface area (Å²) >= 11 is 6.17. The van der Waals surface area contributed by atoms with Crippen molar-refractivity contribution >= 4 is 22.6 Å². The van der Waals surface area contributed by atoms with Crippen LogP contribution >= 0.6 is 11.6 Å². The van der Waals surface area contributed by atoms with Crippen LogP contribution in [0.3, 0.4) is 0 Å². The highest BCUT2D eigenvalue weighted by molar-refractivity contribution is 6.32. The summed E-state index contributed by atoms with van der Waals surface area (Å²) in [5.74, 6) is 0.992. The number of benzene rings is 1. The molecular weight excluding hydrogens is 210 g/mol. The summed E-state index contributed by atoms with van der Waals surface area (Å²) < 4.78 is 2.04. The molecule has 0 spiro atoms. The van der Waals surface area contributed by atoms with Crippen LogP contribution < -0.4 is 5.73 Å². The van der Waals surface area contributed by atoms with Crippen molar-refractivity contribution in [1.29, 1.82) is 0 Å². The molecule has 2 N–H and O–H groups in total. The molecule has 80 valence electrons. The van der Waals surface area contributed by atoms with E-state index in [1.807, 2.05) is 30.7 Å². The van der Waals surface area contributed by atoms with Gasteiger partial charge in [0.25, 0.3) is 0 Å². The van der Waals surface area contributed by atoms with E-state index in [1.54, 1.807) is 0 Å². The Labute approximate surface area is 93.9 Å². The summed E-state index contributed by atoms with van der Waals surface area (Å²) in [4.78, 5) is 4.46. The number of nitrogens with zero attached hydrogens (tertiary/aromatic N) is 2. The van der Waals surface area contributed by atoms with Crippen molar-refractivity contribution in [3.05, 3.63) is 28.5 Å². The first-order valence-corrected chi connectivity index (χ1v) is 5.33. The van der Waals surface area contributed by atoms with Crippen molar-refractivity contribution in [1.82, 2.24) is 9.55 Å². The number of fused-ring (bicyclic) bond motifs is 1. The second kappa shape index (κ2) is 3.83. The van der Waals surface area contributed by atoms with Crippen LogP contribution in [-0.2, 0) is 13.5 Å². The van der Waals surface area contributed by atoms with Crippen molar-refractivity contribution < 1.29 is 0 Å². The highest BCUT2D eigenvalue weighted by atomic mass is 35.5. The second-order valence-electron chi connectivity index (χ2n) is 3.69. The van der Waals surface area contributed by atoms with Crippen LogP contribution in [-0.4, -0.2) is 16.1 Å². The smallest absolute Gasteiger partial charge is 0.106 e. The SMILES string of the molecule is Cc1nc2cc(CCN)c(Cl)cc2n1C. The van der Waals surface area contributed by atoms with E-state index < -0.39 is 0 Å². The summed E-state index contributed by atoms with van der Waals surface area (Å²) in [6.45, 7) is 2.59. The molecule has 4 heteroatoms. The highest BCUT2D eigenvalue weighted by Gasteiger charge is 2.08. The van der Waals surface area contributed by atoms with Gasteiger partial charge < -0.3 is 10.3 Å². The van der Waals surface area contributed by atoms with Gasteiger partial charge in [-0.2, -0.15) is 0 Å². The lowest BCUT2D eigenvalue weighted by Crippen LogP contribution is -2.03. The van der Waals surface area contributed by atoms with Gasteiger partial charge in [-0.25, -0.2) is 4.98 Å². The lowest BCUT2D eigenvalue weighted by Gasteiger charge is -2.03. The van der Waals surface area contributed by atoms with Crippen LogP contribution in [0.25, 0.3) is 11.0 Å². The van der Waals surface area contributed by atoms with Gasteiger partial charge in [-0.15, -0.1) is 0 Å². The molecule has 3 nitrogen and oxygen atoms in total. The average molecular weight is 224 g/mol. The van der Waals surface area contributed by atoms with E-state index in [0.29, 0.717) is 6.54 Å². The Morgan fingerprint density at radius 3 is 2.87 bits per heavy atom.